The second kappa shape index (κ2) is 7.41. The molecule has 1 amide bonds. The van der Waals surface area contributed by atoms with Crippen molar-refractivity contribution in [2.75, 3.05) is 45.8 Å². The van der Waals surface area contributed by atoms with Crippen LogP contribution < -0.4 is 0 Å². The van der Waals surface area contributed by atoms with Crippen LogP contribution in [0.1, 0.15) is 40.0 Å². The van der Waals surface area contributed by atoms with Gasteiger partial charge in [0.1, 0.15) is 0 Å². The van der Waals surface area contributed by atoms with Gasteiger partial charge in [0, 0.05) is 32.7 Å². The van der Waals surface area contributed by atoms with Crippen LogP contribution in [0.2, 0.25) is 0 Å². The van der Waals surface area contributed by atoms with E-state index in [4.69, 9.17) is 0 Å². The van der Waals surface area contributed by atoms with Gasteiger partial charge >= 0.3 is 0 Å². The highest BCUT2D eigenvalue weighted by Gasteiger charge is 2.32. The Morgan fingerprint density at radius 1 is 1.10 bits per heavy atom. The molecule has 0 N–H and O–H groups in total. The van der Waals surface area contributed by atoms with E-state index in [1.165, 1.54) is 12.8 Å². The zero-order chi connectivity index (χ0) is 14.5. The van der Waals surface area contributed by atoms with E-state index < -0.39 is 0 Å². The summed E-state index contributed by atoms with van der Waals surface area (Å²) in [5.41, 5.74) is 0. The normalized spacial score (nSPS) is 26.2. The lowest BCUT2D eigenvalue weighted by Crippen LogP contribution is -2.56. The van der Waals surface area contributed by atoms with E-state index in [-0.39, 0.29) is 6.04 Å². The summed E-state index contributed by atoms with van der Waals surface area (Å²) in [5.74, 6) is 1.10. The molecule has 2 heterocycles. The Bertz CT molecular complexity index is 311. The Kier molecular flexibility index (Phi) is 5.85. The number of piperazine rings is 1. The van der Waals surface area contributed by atoms with Crippen molar-refractivity contribution >= 4 is 5.91 Å². The minimum absolute atomic E-state index is 0.158. The van der Waals surface area contributed by atoms with E-state index >= 15 is 0 Å². The topological polar surface area (TPSA) is 26.8 Å². The molecule has 0 aromatic rings. The average molecular weight is 281 g/mol. The van der Waals surface area contributed by atoms with Crippen molar-refractivity contribution in [1.82, 2.24) is 14.7 Å². The van der Waals surface area contributed by atoms with Crippen molar-refractivity contribution in [3.63, 3.8) is 0 Å². The summed E-state index contributed by atoms with van der Waals surface area (Å²) in [6.07, 6.45) is 3.51. The molecule has 2 aliphatic rings. The van der Waals surface area contributed by atoms with Gasteiger partial charge in [-0.2, -0.15) is 0 Å². The lowest BCUT2D eigenvalue weighted by atomic mass is 10.0. The molecule has 2 rings (SSSR count). The molecule has 0 bridgehead atoms. The minimum atomic E-state index is 0.158. The largest absolute Gasteiger partial charge is 0.339 e. The molecule has 0 aromatic heterocycles. The van der Waals surface area contributed by atoms with Crippen molar-refractivity contribution in [2.24, 2.45) is 5.92 Å². The molecule has 2 fully saturated rings. The number of likely N-dealkylation sites (N-methyl/N-ethyl adjacent to an activating group) is 1. The molecule has 2 saturated heterocycles. The molecule has 4 nitrogen and oxygen atoms in total. The van der Waals surface area contributed by atoms with E-state index in [0.29, 0.717) is 11.8 Å². The maximum absolute atomic E-state index is 12.7. The van der Waals surface area contributed by atoms with Gasteiger partial charge in [0.05, 0.1) is 6.04 Å². The van der Waals surface area contributed by atoms with E-state index in [0.717, 1.165) is 52.2 Å². The van der Waals surface area contributed by atoms with Crippen LogP contribution in [-0.4, -0.2) is 72.5 Å². The number of carbonyl (C=O) groups is 1. The van der Waals surface area contributed by atoms with Gasteiger partial charge in [-0.15, -0.1) is 0 Å². The van der Waals surface area contributed by atoms with Gasteiger partial charge in [-0.3, -0.25) is 14.6 Å². The van der Waals surface area contributed by atoms with Crippen molar-refractivity contribution in [1.29, 1.82) is 0 Å². The first-order valence-corrected chi connectivity index (χ1v) is 8.37. The van der Waals surface area contributed by atoms with Crippen LogP contribution in [0, 0.1) is 5.92 Å². The molecule has 20 heavy (non-hydrogen) atoms. The molecule has 0 unspecified atom stereocenters. The third-order valence-corrected chi connectivity index (χ3v) is 4.61. The summed E-state index contributed by atoms with van der Waals surface area (Å²) in [7, 11) is 0. The molecule has 0 aromatic carbocycles. The predicted molar refractivity (Wildman–Crippen MR) is 82.7 cm³/mol. The van der Waals surface area contributed by atoms with Crippen LogP contribution in [0.25, 0.3) is 0 Å². The highest BCUT2D eigenvalue weighted by atomic mass is 16.2. The molecular weight excluding hydrogens is 250 g/mol. The third-order valence-electron chi connectivity index (χ3n) is 4.61. The summed E-state index contributed by atoms with van der Waals surface area (Å²) in [6, 6.07) is 0.158. The van der Waals surface area contributed by atoms with Gasteiger partial charge in [-0.25, -0.2) is 0 Å². The van der Waals surface area contributed by atoms with E-state index in [1.54, 1.807) is 0 Å². The van der Waals surface area contributed by atoms with Gasteiger partial charge < -0.3 is 4.90 Å². The van der Waals surface area contributed by atoms with Gasteiger partial charge in [-0.1, -0.05) is 27.2 Å². The highest BCUT2D eigenvalue weighted by Crippen LogP contribution is 2.19. The number of amides is 1. The first kappa shape index (κ1) is 15.8. The van der Waals surface area contributed by atoms with Gasteiger partial charge in [0.15, 0.2) is 0 Å². The maximum atomic E-state index is 12.7. The second-order valence-corrected chi connectivity index (χ2v) is 6.66. The van der Waals surface area contributed by atoms with Crippen molar-refractivity contribution in [2.45, 2.75) is 46.1 Å². The van der Waals surface area contributed by atoms with Crippen LogP contribution in [0.4, 0.5) is 0 Å². The minimum Gasteiger partial charge on any atom is -0.339 e. The molecule has 1 atom stereocenters. The molecule has 2 aliphatic heterocycles. The van der Waals surface area contributed by atoms with E-state index in [2.05, 4.69) is 35.5 Å². The number of hydrogen-bond donors (Lipinski definition) is 0. The van der Waals surface area contributed by atoms with Crippen molar-refractivity contribution in [3.05, 3.63) is 0 Å². The smallest absolute Gasteiger partial charge is 0.240 e. The van der Waals surface area contributed by atoms with Crippen molar-refractivity contribution in [3.8, 4) is 0 Å². The number of piperidine rings is 1. The zero-order valence-electron chi connectivity index (χ0n) is 13.5. The number of hydrogen-bond acceptors (Lipinski definition) is 3. The molecule has 0 aliphatic carbocycles. The summed E-state index contributed by atoms with van der Waals surface area (Å²) in [6.45, 7) is 13.9. The molecule has 0 saturated carbocycles. The van der Waals surface area contributed by atoms with Crippen LogP contribution in [0.15, 0.2) is 0 Å². The Labute approximate surface area is 124 Å². The third kappa shape index (κ3) is 3.95. The Morgan fingerprint density at radius 2 is 1.80 bits per heavy atom. The predicted octanol–water partition coefficient (Wildman–Crippen LogP) is 1.66. The lowest BCUT2D eigenvalue weighted by molar-refractivity contribution is -0.140. The molecule has 0 radical (unpaired) electrons. The summed E-state index contributed by atoms with van der Waals surface area (Å²) in [5, 5.41) is 0. The van der Waals surface area contributed by atoms with Crippen LogP contribution in [0.5, 0.6) is 0 Å². The fraction of sp³-hybridized carbons (Fsp3) is 0.938. The standard InChI is InChI=1S/C16H31N3O/c1-4-18-8-6-5-7-15(18)16(20)19-11-9-17(10-12-19)13-14(2)3/h14-15H,4-13H2,1-3H3/t15-/m0/s1. The number of nitrogens with zero attached hydrogens (tertiary/aromatic N) is 3. The Morgan fingerprint density at radius 3 is 2.40 bits per heavy atom. The first-order chi connectivity index (χ1) is 9.61. The number of rotatable bonds is 4. The molecule has 4 heteroatoms. The first-order valence-electron chi connectivity index (χ1n) is 8.37. The van der Waals surface area contributed by atoms with Crippen LogP contribution >= 0.6 is 0 Å². The highest BCUT2D eigenvalue weighted by molar-refractivity contribution is 5.82. The number of likely N-dealkylation sites (tertiary alicyclic amines) is 1. The van der Waals surface area contributed by atoms with Crippen LogP contribution in [0.3, 0.4) is 0 Å². The number of carbonyl (C=O) groups excluding carboxylic acids is 1. The van der Waals surface area contributed by atoms with Crippen molar-refractivity contribution < 1.29 is 4.79 Å². The summed E-state index contributed by atoms with van der Waals surface area (Å²) < 4.78 is 0. The van der Waals surface area contributed by atoms with Gasteiger partial charge in [0.2, 0.25) is 5.91 Å². The van der Waals surface area contributed by atoms with E-state index in [1.807, 2.05) is 0 Å². The quantitative estimate of drug-likeness (QED) is 0.784. The monoisotopic (exact) mass is 281 g/mol. The lowest BCUT2D eigenvalue weighted by Gasteiger charge is -2.40. The average Bonchev–Trinajstić information content (AvgIpc) is 2.46. The molecule has 116 valence electrons. The Hall–Kier alpha value is -0.610. The zero-order valence-corrected chi connectivity index (χ0v) is 13.5. The van der Waals surface area contributed by atoms with Crippen LogP contribution in [-0.2, 0) is 4.79 Å². The fourth-order valence-electron chi connectivity index (χ4n) is 3.53. The molecule has 0 spiro atoms. The van der Waals surface area contributed by atoms with Gasteiger partial charge in [0.25, 0.3) is 0 Å². The molecular formula is C16H31N3O. The maximum Gasteiger partial charge on any atom is 0.240 e. The SMILES string of the molecule is CCN1CCCC[C@H]1C(=O)N1CCN(CC(C)C)CC1. The fourth-order valence-corrected chi connectivity index (χ4v) is 3.53. The van der Waals surface area contributed by atoms with Gasteiger partial charge in [-0.05, 0) is 31.8 Å². The van der Waals surface area contributed by atoms with E-state index in [9.17, 15) is 4.79 Å². The summed E-state index contributed by atoms with van der Waals surface area (Å²) in [4.78, 5) is 19.7. The second-order valence-electron chi connectivity index (χ2n) is 6.66. The summed E-state index contributed by atoms with van der Waals surface area (Å²) >= 11 is 0. The Balaban J connectivity index is 1.84.